The number of sulfonamides is 1. The fourth-order valence-corrected chi connectivity index (χ4v) is 6.15. The van der Waals surface area contributed by atoms with Crippen LogP contribution in [0.3, 0.4) is 0 Å². The zero-order chi connectivity index (χ0) is 32.4. The molecule has 0 radical (unpaired) electrons. The molecular weight excluding hydrogens is 626 g/mol. The van der Waals surface area contributed by atoms with Gasteiger partial charge >= 0.3 is 12.1 Å². The SMILES string of the molecule is CCOC(=O)[C@H](Cc1ccc2c(c1)NC(=O)[C@@H](CCCNC(=O)OCc1ccccc1)O2)NS(=O)(=O)c1cc(Cl)ccc1OC. The van der Waals surface area contributed by atoms with E-state index in [0.717, 1.165) is 5.56 Å². The van der Waals surface area contributed by atoms with Gasteiger partial charge < -0.3 is 29.6 Å². The molecule has 0 fully saturated rings. The van der Waals surface area contributed by atoms with Crippen molar-refractivity contribution in [3.05, 3.63) is 82.9 Å². The van der Waals surface area contributed by atoms with Gasteiger partial charge in [0.05, 0.1) is 19.4 Å². The molecule has 1 aliphatic heterocycles. The maximum atomic E-state index is 13.3. The lowest BCUT2D eigenvalue weighted by Gasteiger charge is -2.26. The van der Waals surface area contributed by atoms with E-state index in [-0.39, 0.29) is 41.2 Å². The fourth-order valence-electron chi connectivity index (χ4n) is 4.53. The number of hydrogen-bond acceptors (Lipinski definition) is 9. The number of rotatable bonds is 14. The van der Waals surface area contributed by atoms with Gasteiger partial charge in [-0.15, -0.1) is 0 Å². The zero-order valence-electron chi connectivity index (χ0n) is 24.7. The van der Waals surface area contributed by atoms with E-state index in [4.69, 9.17) is 30.5 Å². The summed E-state index contributed by atoms with van der Waals surface area (Å²) in [5, 5.41) is 5.63. The summed E-state index contributed by atoms with van der Waals surface area (Å²) in [5.41, 5.74) is 1.78. The highest BCUT2D eigenvalue weighted by Gasteiger charge is 2.31. The minimum atomic E-state index is -4.26. The number of anilines is 1. The first kappa shape index (κ1) is 33.6. The van der Waals surface area contributed by atoms with Crippen LogP contribution in [0.15, 0.2) is 71.6 Å². The molecule has 0 aromatic heterocycles. The highest BCUT2D eigenvalue weighted by Crippen LogP contribution is 2.32. The van der Waals surface area contributed by atoms with Crippen molar-refractivity contribution in [2.45, 2.75) is 49.8 Å². The Morgan fingerprint density at radius 3 is 2.56 bits per heavy atom. The Morgan fingerprint density at radius 2 is 1.82 bits per heavy atom. The standard InChI is InChI=1S/C31H34ClN3O9S/c1-3-42-30(37)24(35-45(39,40)28-18-22(32)12-14-26(28)41-2)17-21-11-13-25-23(16-21)34-29(36)27(44-25)10-7-15-33-31(38)43-19-20-8-5-4-6-9-20/h4-6,8-9,11-14,16,18,24,27,35H,3,7,10,15,17,19H2,1-2H3,(H,33,38)(H,34,36)/t24-,27+/m0/s1. The fraction of sp³-hybridized carbons (Fsp3) is 0.323. The molecule has 3 N–H and O–H groups in total. The number of methoxy groups -OCH3 is 1. The van der Waals surface area contributed by atoms with E-state index in [0.29, 0.717) is 36.4 Å². The van der Waals surface area contributed by atoms with Crippen LogP contribution in [0.1, 0.15) is 30.9 Å². The lowest BCUT2D eigenvalue weighted by atomic mass is 10.0. The number of hydrogen-bond donors (Lipinski definition) is 3. The maximum absolute atomic E-state index is 13.3. The van der Waals surface area contributed by atoms with Gasteiger partial charge in [-0.25, -0.2) is 13.2 Å². The first-order valence-electron chi connectivity index (χ1n) is 14.2. The van der Waals surface area contributed by atoms with Gasteiger partial charge in [0.2, 0.25) is 10.0 Å². The molecular formula is C31H34ClN3O9S. The molecule has 0 spiro atoms. The number of nitrogens with one attached hydrogen (secondary N) is 3. The van der Waals surface area contributed by atoms with Crippen LogP contribution >= 0.6 is 11.6 Å². The molecule has 0 aliphatic carbocycles. The van der Waals surface area contributed by atoms with Crippen LogP contribution in [-0.2, 0) is 42.1 Å². The van der Waals surface area contributed by atoms with Crippen molar-refractivity contribution in [1.29, 1.82) is 0 Å². The summed E-state index contributed by atoms with van der Waals surface area (Å²) in [4.78, 5) is 37.3. The van der Waals surface area contributed by atoms with E-state index in [1.54, 1.807) is 25.1 Å². The summed E-state index contributed by atoms with van der Waals surface area (Å²) in [7, 11) is -2.94. The molecule has 1 heterocycles. The number of esters is 1. The Hall–Kier alpha value is -4.33. The monoisotopic (exact) mass is 659 g/mol. The van der Waals surface area contributed by atoms with E-state index in [1.165, 1.54) is 25.3 Å². The molecule has 0 saturated carbocycles. The molecule has 240 valence electrons. The van der Waals surface area contributed by atoms with Gasteiger partial charge in [0.1, 0.15) is 29.0 Å². The average molecular weight is 660 g/mol. The molecule has 4 rings (SSSR count). The molecule has 3 aromatic rings. The third-order valence-electron chi connectivity index (χ3n) is 6.71. The third-order valence-corrected chi connectivity index (χ3v) is 8.44. The van der Waals surface area contributed by atoms with Crippen molar-refractivity contribution < 1.29 is 41.7 Å². The molecule has 3 aromatic carbocycles. The summed E-state index contributed by atoms with van der Waals surface area (Å²) in [6.07, 6.45) is -0.617. The highest BCUT2D eigenvalue weighted by atomic mass is 35.5. The average Bonchev–Trinajstić information content (AvgIpc) is 3.02. The number of halogens is 1. The number of carbonyl (C=O) groups is 3. The van der Waals surface area contributed by atoms with Crippen LogP contribution in [0.5, 0.6) is 11.5 Å². The van der Waals surface area contributed by atoms with Crippen LogP contribution in [0.4, 0.5) is 10.5 Å². The summed E-state index contributed by atoms with van der Waals surface area (Å²) in [6, 6.07) is 17.0. The van der Waals surface area contributed by atoms with Crippen molar-refractivity contribution in [3.63, 3.8) is 0 Å². The van der Waals surface area contributed by atoms with Crippen molar-refractivity contribution in [1.82, 2.24) is 10.0 Å². The quantitative estimate of drug-likeness (QED) is 0.170. The van der Waals surface area contributed by atoms with Crippen molar-refractivity contribution >= 4 is 45.3 Å². The van der Waals surface area contributed by atoms with Crippen molar-refractivity contribution in [2.24, 2.45) is 0 Å². The highest BCUT2D eigenvalue weighted by molar-refractivity contribution is 7.89. The van der Waals surface area contributed by atoms with Crippen LogP contribution in [0.2, 0.25) is 5.02 Å². The number of amides is 2. The summed E-state index contributed by atoms with van der Waals surface area (Å²) in [6.45, 7) is 2.10. The molecule has 45 heavy (non-hydrogen) atoms. The van der Waals surface area contributed by atoms with Crippen LogP contribution in [-0.4, -0.2) is 58.8 Å². The predicted molar refractivity (Wildman–Crippen MR) is 166 cm³/mol. The van der Waals surface area contributed by atoms with Crippen LogP contribution in [0, 0.1) is 0 Å². The van der Waals surface area contributed by atoms with E-state index in [1.807, 2.05) is 30.3 Å². The molecule has 2 atom stereocenters. The molecule has 0 unspecified atom stereocenters. The zero-order valence-corrected chi connectivity index (χ0v) is 26.3. The van der Waals surface area contributed by atoms with E-state index in [2.05, 4.69) is 15.4 Å². The maximum Gasteiger partial charge on any atom is 0.407 e. The second-order valence-electron chi connectivity index (χ2n) is 9.98. The molecule has 0 bridgehead atoms. The Kier molecular flexibility index (Phi) is 11.6. The molecule has 1 aliphatic rings. The number of ether oxygens (including phenoxy) is 4. The third kappa shape index (κ3) is 9.33. The Bertz CT molecular complexity index is 1620. The predicted octanol–water partition coefficient (Wildman–Crippen LogP) is 4.21. The summed E-state index contributed by atoms with van der Waals surface area (Å²) in [5.74, 6) is -0.688. The molecule has 0 saturated heterocycles. The lowest BCUT2D eigenvalue weighted by molar-refractivity contribution is -0.145. The number of fused-ring (bicyclic) bond motifs is 1. The smallest absolute Gasteiger partial charge is 0.407 e. The number of alkyl carbamates (subject to hydrolysis) is 1. The summed E-state index contributed by atoms with van der Waals surface area (Å²) < 4.78 is 50.3. The topological polar surface area (TPSA) is 158 Å². The molecule has 12 nitrogen and oxygen atoms in total. The van der Waals surface area contributed by atoms with E-state index in [9.17, 15) is 22.8 Å². The van der Waals surface area contributed by atoms with Crippen molar-refractivity contribution in [3.8, 4) is 11.5 Å². The summed E-state index contributed by atoms with van der Waals surface area (Å²) >= 11 is 6.02. The number of carbonyl (C=O) groups excluding carboxylic acids is 3. The first-order chi connectivity index (χ1) is 21.6. The first-order valence-corrected chi connectivity index (χ1v) is 16.0. The minimum Gasteiger partial charge on any atom is -0.495 e. The van der Waals surface area contributed by atoms with E-state index < -0.39 is 34.2 Å². The largest absolute Gasteiger partial charge is 0.495 e. The van der Waals surface area contributed by atoms with Gasteiger partial charge in [-0.3, -0.25) is 9.59 Å². The second-order valence-corrected chi connectivity index (χ2v) is 12.1. The van der Waals surface area contributed by atoms with Gasteiger partial charge in [0.15, 0.2) is 6.10 Å². The molecule has 14 heteroatoms. The molecule has 2 amide bonds. The van der Waals surface area contributed by atoms with Gasteiger partial charge in [0.25, 0.3) is 5.91 Å². The minimum absolute atomic E-state index is 0.0391. The van der Waals surface area contributed by atoms with Gasteiger partial charge in [0, 0.05) is 11.6 Å². The normalized spacial score (nSPS) is 14.7. The van der Waals surface area contributed by atoms with Gasteiger partial charge in [-0.2, -0.15) is 4.72 Å². The number of benzene rings is 3. The van der Waals surface area contributed by atoms with Crippen molar-refractivity contribution in [2.75, 3.05) is 25.6 Å². The van der Waals surface area contributed by atoms with Gasteiger partial charge in [-0.05, 0) is 67.6 Å². The lowest BCUT2D eigenvalue weighted by Crippen LogP contribution is -2.43. The van der Waals surface area contributed by atoms with Crippen LogP contribution in [0.25, 0.3) is 0 Å². The van der Waals surface area contributed by atoms with Gasteiger partial charge in [-0.1, -0.05) is 48.0 Å². The Balaban J connectivity index is 1.35. The second kappa shape index (κ2) is 15.6. The van der Waals surface area contributed by atoms with Crippen LogP contribution < -0.4 is 24.8 Å². The van der Waals surface area contributed by atoms with E-state index >= 15 is 0 Å². The Labute approximate surface area is 266 Å². The Morgan fingerprint density at radius 1 is 1.04 bits per heavy atom.